The van der Waals surface area contributed by atoms with Gasteiger partial charge in [-0.25, -0.2) is 0 Å². The third kappa shape index (κ3) is 3.42. The maximum atomic E-state index is 4.86. The Bertz CT molecular complexity index is 1390. The number of pyridine rings is 1. The van der Waals surface area contributed by atoms with E-state index >= 15 is 0 Å². The Hall–Kier alpha value is -3.40. The first-order valence-corrected chi connectivity index (χ1v) is 11.1. The maximum Gasteiger partial charge on any atom is 0.0717 e. The molecule has 0 saturated carbocycles. The summed E-state index contributed by atoms with van der Waals surface area (Å²) in [7, 11) is 0. The minimum Gasteiger partial charge on any atom is -0.342 e. The molecule has 0 aliphatic carbocycles. The van der Waals surface area contributed by atoms with Crippen LogP contribution in [-0.2, 0) is 13.0 Å². The molecule has 0 radical (unpaired) electrons. The first kappa shape index (κ1) is 19.6. The van der Waals surface area contributed by atoms with Crippen LogP contribution >= 0.6 is 0 Å². The molecule has 0 atom stereocenters. The van der Waals surface area contributed by atoms with E-state index in [9.17, 15) is 0 Å². The Labute approximate surface area is 182 Å². The van der Waals surface area contributed by atoms with E-state index in [1.54, 1.807) is 0 Å². The second-order valence-corrected chi connectivity index (χ2v) is 8.66. The van der Waals surface area contributed by atoms with Gasteiger partial charge >= 0.3 is 0 Å². The molecular weight excluding hydrogens is 380 g/mol. The van der Waals surface area contributed by atoms with Crippen LogP contribution in [-0.4, -0.2) is 19.7 Å². The van der Waals surface area contributed by atoms with Gasteiger partial charge in [-0.2, -0.15) is 5.10 Å². The number of aromatic amines is 1. The Balaban J connectivity index is 1.55. The molecule has 2 aromatic carbocycles. The third-order valence-corrected chi connectivity index (χ3v) is 6.31. The van der Waals surface area contributed by atoms with E-state index in [0.717, 1.165) is 41.0 Å². The fourth-order valence-corrected chi connectivity index (χ4v) is 4.39. The van der Waals surface area contributed by atoms with Crippen LogP contribution in [0, 0.1) is 6.92 Å². The fourth-order valence-electron chi connectivity index (χ4n) is 4.39. The van der Waals surface area contributed by atoms with Gasteiger partial charge in [0.25, 0.3) is 0 Å². The maximum absolute atomic E-state index is 4.86. The largest absolute Gasteiger partial charge is 0.342 e. The number of benzene rings is 2. The monoisotopic (exact) mass is 408 g/mol. The van der Waals surface area contributed by atoms with Crippen molar-refractivity contribution in [3.63, 3.8) is 0 Å². The zero-order chi connectivity index (χ0) is 21.5. The predicted octanol–water partition coefficient (Wildman–Crippen LogP) is 6.62. The van der Waals surface area contributed by atoms with Crippen LogP contribution in [0.2, 0.25) is 0 Å². The lowest BCUT2D eigenvalue weighted by molar-refractivity contribution is 0.813. The van der Waals surface area contributed by atoms with Crippen molar-refractivity contribution < 1.29 is 0 Å². The van der Waals surface area contributed by atoms with Crippen LogP contribution in [0.15, 0.2) is 60.9 Å². The zero-order valence-corrected chi connectivity index (χ0v) is 18.6. The fraction of sp³-hybridized carbons (Fsp3) is 0.259. The number of nitrogens with one attached hydrogen (secondary N) is 1. The van der Waals surface area contributed by atoms with Crippen LogP contribution in [0.4, 0.5) is 0 Å². The van der Waals surface area contributed by atoms with Crippen molar-refractivity contribution in [2.75, 3.05) is 0 Å². The van der Waals surface area contributed by atoms with Crippen LogP contribution in [0.5, 0.6) is 0 Å². The highest BCUT2D eigenvalue weighted by Crippen LogP contribution is 2.31. The van der Waals surface area contributed by atoms with E-state index in [1.165, 1.54) is 27.5 Å². The minimum atomic E-state index is 0.531. The molecule has 0 amide bonds. The number of rotatable bonds is 5. The second kappa shape index (κ2) is 7.69. The quantitative estimate of drug-likeness (QED) is 0.355. The van der Waals surface area contributed by atoms with E-state index in [2.05, 4.69) is 97.2 Å². The van der Waals surface area contributed by atoms with Gasteiger partial charge in [-0.3, -0.25) is 10.1 Å². The molecule has 0 unspecified atom stereocenters. The number of nitrogens with zero attached hydrogens (tertiary/aromatic N) is 3. The number of fused-ring (bicyclic) bond motifs is 2. The summed E-state index contributed by atoms with van der Waals surface area (Å²) in [5, 5.41) is 10.0. The van der Waals surface area contributed by atoms with Crippen molar-refractivity contribution in [1.29, 1.82) is 0 Å². The first-order chi connectivity index (χ1) is 15.0. The number of hydrogen-bond donors (Lipinski definition) is 1. The van der Waals surface area contributed by atoms with Gasteiger partial charge < -0.3 is 4.57 Å². The summed E-state index contributed by atoms with van der Waals surface area (Å²) in [5.74, 6) is 0.531. The predicted molar refractivity (Wildman–Crippen MR) is 129 cm³/mol. The molecule has 0 bridgehead atoms. The van der Waals surface area contributed by atoms with Gasteiger partial charge in [0.1, 0.15) is 0 Å². The standard InChI is InChI=1S/C27H28N4/c1-5-23-27-22(7-6-8-24(27)30-29-23)25-14-20-11-12-31(26(20)15-28-25)16-21-13-19(17(2)3)10-9-18(21)4/h6-15,17H,5,16H2,1-4H3,(H,29,30). The molecule has 0 saturated heterocycles. The molecule has 0 fully saturated rings. The highest BCUT2D eigenvalue weighted by molar-refractivity contribution is 5.97. The van der Waals surface area contributed by atoms with Crippen molar-refractivity contribution in [2.45, 2.75) is 46.6 Å². The highest BCUT2D eigenvalue weighted by Gasteiger charge is 2.13. The summed E-state index contributed by atoms with van der Waals surface area (Å²) < 4.78 is 2.30. The van der Waals surface area contributed by atoms with Crippen molar-refractivity contribution in [3.05, 3.63) is 83.3 Å². The Morgan fingerprint density at radius 1 is 1.06 bits per heavy atom. The number of H-pyrrole nitrogens is 1. The molecule has 5 rings (SSSR count). The smallest absolute Gasteiger partial charge is 0.0717 e. The average Bonchev–Trinajstić information content (AvgIpc) is 3.38. The summed E-state index contributed by atoms with van der Waals surface area (Å²) in [6.45, 7) is 9.68. The molecule has 3 heterocycles. The lowest BCUT2D eigenvalue weighted by atomic mass is 9.98. The van der Waals surface area contributed by atoms with Crippen molar-refractivity contribution >= 4 is 21.8 Å². The second-order valence-electron chi connectivity index (χ2n) is 8.66. The van der Waals surface area contributed by atoms with Gasteiger partial charge in [0.05, 0.1) is 28.6 Å². The molecular formula is C27H28N4. The van der Waals surface area contributed by atoms with E-state index in [1.807, 2.05) is 6.20 Å². The molecule has 4 heteroatoms. The summed E-state index contributed by atoms with van der Waals surface area (Å²) in [6.07, 6.45) is 5.08. The average molecular weight is 409 g/mol. The van der Waals surface area contributed by atoms with Gasteiger partial charge in [-0.05, 0) is 54.2 Å². The normalized spacial score (nSPS) is 11.8. The lowest BCUT2D eigenvalue weighted by Crippen LogP contribution is -2.02. The minimum absolute atomic E-state index is 0.531. The molecule has 0 spiro atoms. The molecule has 1 N–H and O–H groups in total. The summed E-state index contributed by atoms with van der Waals surface area (Å²) >= 11 is 0. The highest BCUT2D eigenvalue weighted by atomic mass is 15.1. The van der Waals surface area contributed by atoms with Crippen molar-refractivity contribution in [2.24, 2.45) is 0 Å². The van der Waals surface area contributed by atoms with Gasteiger partial charge in [-0.1, -0.05) is 51.1 Å². The zero-order valence-electron chi connectivity index (χ0n) is 18.6. The van der Waals surface area contributed by atoms with Crippen LogP contribution in [0.3, 0.4) is 0 Å². The van der Waals surface area contributed by atoms with Gasteiger partial charge in [-0.15, -0.1) is 0 Å². The van der Waals surface area contributed by atoms with Crippen LogP contribution < -0.4 is 0 Å². The topological polar surface area (TPSA) is 46.5 Å². The molecule has 3 aromatic heterocycles. The third-order valence-electron chi connectivity index (χ3n) is 6.31. The number of aryl methyl sites for hydroxylation is 2. The molecule has 31 heavy (non-hydrogen) atoms. The van der Waals surface area contributed by atoms with Gasteiger partial charge in [0.15, 0.2) is 0 Å². The van der Waals surface area contributed by atoms with E-state index < -0.39 is 0 Å². The Morgan fingerprint density at radius 3 is 2.74 bits per heavy atom. The van der Waals surface area contributed by atoms with Gasteiger partial charge in [0.2, 0.25) is 0 Å². The molecule has 5 aromatic rings. The molecule has 0 aliphatic heterocycles. The van der Waals surface area contributed by atoms with Crippen LogP contribution in [0.1, 0.15) is 49.1 Å². The SMILES string of the molecule is CCc1n[nH]c2cccc(-c3cc4ccn(Cc5cc(C(C)C)ccc5C)c4cn3)c12. The Morgan fingerprint density at radius 2 is 1.94 bits per heavy atom. The van der Waals surface area contributed by atoms with Crippen molar-refractivity contribution in [1.82, 2.24) is 19.7 Å². The van der Waals surface area contributed by atoms with Crippen LogP contribution in [0.25, 0.3) is 33.1 Å². The van der Waals surface area contributed by atoms with Crippen molar-refractivity contribution in [3.8, 4) is 11.3 Å². The first-order valence-electron chi connectivity index (χ1n) is 11.1. The van der Waals surface area contributed by atoms with E-state index in [4.69, 9.17) is 4.98 Å². The molecule has 156 valence electrons. The Kier molecular flexibility index (Phi) is 4.85. The lowest BCUT2D eigenvalue weighted by Gasteiger charge is -2.13. The van der Waals surface area contributed by atoms with E-state index in [-0.39, 0.29) is 0 Å². The summed E-state index contributed by atoms with van der Waals surface area (Å²) in [5.41, 5.74) is 9.52. The number of aromatic nitrogens is 4. The summed E-state index contributed by atoms with van der Waals surface area (Å²) in [6, 6.07) is 17.5. The van der Waals surface area contributed by atoms with E-state index in [0.29, 0.717) is 5.92 Å². The number of hydrogen-bond acceptors (Lipinski definition) is 2. The summed E-state index contributed by atoms with van der Waals surface area (Å²) in [4.78, 5) is 4.86. The molecule has 4 nitrogen and oxygen atoms in total. The van der Waals surface area contributed by atoms with Gasteiger partial charge in [0, 0.05) is 29.1 Å². The molecule has 0 aliphatic rings.